The fraction of sp³-hybridized carbons (Fsp3) is 0.588. The van der Waals surface area contributed by atoms with Crippen LogP contribution in [0.15, 0.2) is 18.2 Å². The minimum atomic E-state index is 0.224. The van der Waals surface area contributed by atoms with E-state index in [1.165, 1.54) is 44.0 Å². The lowest BCUT2D eigenvalue weighted by atomic mass is 9.53. The minimum Gasteiger partial charge on any atom is -0.369 e. The molecule has 4 fully saturated rings. The Morgan fingerprint density at radius 3 is 2.33 bits per heavy atom. The number of nitrogen functional groups attached to an aromatic ring is 1. The van der Waals surface area contributed by atoms with Crippen molar-refractivity contribution in [1.29, 1.82) is 0 Å². The average Bonchev–Trinajstić information content (AvgIpc) is 2.72. The van der Waals surface area contributed by atoms with Crippen LogP contribution in [0.4, 0.5) is 5.95 Å². The molecule has 110 valence electrons. The summed E-state index contributed by atoms with van der Waals surface area (Å²) >= 11 is 6.11. The Morgan fingerprint density at radius 2 is 1.71 bits per heavy atom. The summed E-state index contributed by atoms with van der Waals surface area (Å²) in [5.74, 6) is 3.38. The predicted octanol–water partition coefficient (Wildman–Crippen LogP) is 4.20. The van der Waals surface area contributed by atoms with E-state index in [0.717, 1.165) is 28.3 Å². The Bertz CT molecular complexity index is 698. The van der Waals surface area contributed by atoms with Crippen molar-refractivity contribution in [3.63, 3.8) is 0 Å². The molecule has 0 radical (unpaired) electrons. The van der Waals surface area contributed by atoms with E-state index in [1.807, 2.05) is 12.1 Å². The van der Waals surface area contributed by atoms with Crippen molar-refractivity contribution in [3.05, 3.63) is 23.2 Å². The van der Waals surface area contributed by atoms with Crippen LogP contribution in [0, 0.1) is 17.8 Å². The predicted molar refractivity (Wildman–Crippen MR) is 85.3 cm³/mol. The zero-order valence-electron chi connectivity index (χ0n) is 12.1. The van der Waals surface area contributed by atoms with Gasteiger partial charge in [-0.2, -0.15) is 0 Å². The van der Waals surface area contributed by atoms with Crippen LogP contribution >= 0.6 is 11.6 Å². The molecule has 2 N–H and O–H groups in total. The van der Waals surface area contributed by atoms with Gasteiger partial charge in [-0.3, -0.25) is 0 Å². The number of nitrogens with two attached hydrogens (primary N) is 1. The lowest BCUT2D eigenvalue weighted by molar-refractivity contribution is -0.0398. The fourth-order valence-electron chi connectivity index (χ4n) is 5.91. The minimum absolute atomic E-state index is 0.224. The quantitative estimate of drug-likeness (QED) is 0.858. The second kappa shape index (κ2) is 3.95. The monoisotopic (exact) mass is 301 g/mol. The van der Waals surface area contributed by atoms with Gasteiger partial charge in [-0.15, -0.1) is 0 Å². The number of anilines is 1. The van der Waals surface area contributed by atoms with Crippen LogP contribution in [0.1, 0.15) is 38.5 Å². The summed E-state index contributed by atoms with van der Waals surface area (Å²) in [7, 11) is 0. The summed E-state index contributed by atoms with van der Waals surface area (Å²) in [6, 6.07) is 5.99. The molecule has 6 rings (SSSR count). The molecule has 1 aromatic carbocycles. The molecular formula is C17H20ClN3. The Balaban J connectivity index is 1.72. The highest BCUT2D eigenvalue weighted by molar-refractivity contribution is 6.31. The average molecular weight is 302 g/mol. The molecule has 4 bridgehead atoms. The number of benzene rings is 1. The van der Waals surface area contributed by atoms with Gasteiger partial charge in [0.15, 0.2) is 0 Å². The van der Waals surface area contributed by atoms with E-state index in [0.29, 0.717) is 5.95 Å². The number of fused-ring (bicyclic) bond motifs is 1. The molecule has 0 unspecified atom stereocenters. The number of hydrogen-bond acceptors (Lipinski definition) is 2. The molecule has 2 aromatic rings. The zero-order chi connectivity index (χ0) is 14.2. The van der Waals surface area contributed by atoms with Gasteiger partial charge < -0.3 is 10.3 Å². The van der Waals surface area contributed by atoms with Crippen LogP contribution in [-0.2, 0) is 5.54 Å². The molecule has 0 amide bonds. The van der Waals surface area contributed by atoms with Gasteiger partial charge in [0.05, 0.1) is 11.0 Å². The van der Waals surface area contributed by atoms with Crippen molar-refractivity contribution in [1.82, 2.24) is 9.55 Å². The highest BCUT2D eigenvalue weighted by atomic mass is 35.5. The molecule has 21 heavy (non-hydrogen) atoms. The largest absolute Gasteiger partial charge is 0.369 e. The summed E-state index contributed by atoms with van der Waals surface area (Å²) < 4.78 is 2.36. The van der Waals surface area contributed by atoms with E-state index in [4.69, 9.17) is 17.3 Å². The van der Waals surface area contributed by atoms with E-state index < -0.39 is 0 Å². The summed E-state index contributed by atoms with van der Waals surface area (Å²) in [5.41, 5.74) is 8.66. The maximum Gasteiger partial charge on any atom is 0.201 e. The highest BCUT2D eigenvalue weighted by Gasteiger charge is 2.52. The molecule has 4 aliphatic rings. The number of aromatic nitrogens is 2. The van der Waals surface area contributed by atoms with Crippen LogP contribution in [0.5, 0.6) is 0 Å². The molecule has 0 spiro atoms. The van der Waals surface area contributed by atoms with Crippen molar-refractivity contribution >= 4 is 28.6 Å². The van der Waals surface area contributed by atoms with Gasteiger partial charge in [-0.1, -0.05) is 11.6 Å². The first kappa shape index (κ1) is 12.3. The first-order valence-corrected chi connectivity index (χ1v) is 8.45. The van der Waals surface area contributed by atoms with Crippen molar-refractivity contribution in [2.75, 3.05) is 5.73 Å². The van der Waals surface area contributed by atoms with Gasteiger partial charge in [0, 0.05) is 10.6 Å². The summed E-state index contributed by atoms with van der Waals surface area (Å²) in [6.07, 6.45) is 8.19. The van der Waals surface area contributed by atoms with Gasteiger partial charge >= 0.3 is 0 Å². The number of nitrogens with zero attached hydrogens (tertiary/aromatic N) is 2. The molecule has 1 aromatic heterocycles. The second-order valence-corrected chi connectivity index (χ2v) is 8.02. The summed E-state index contributed by atoms with van der Waals surface area (Å²) in [5, 5.41) is 0.734. The van der Waals surface area contributed by atoms with Crippen molar-refractivity contribution in [2.45, 2.75) is 44.1 Å². The van der Waals surface area contributed by atoms with Gasteiger partial charge in [0.2, 0.25) is 5.95 Å². The van der Waals surface area contributed by atoms with Gasteiger partial charge in [-0.05, 0) is 74.5 Å². The Hall–Kier alpha value is -1.22. The standard InChI is InChI=1S/C17H20ClN3/c18-13-1-2-15-14(6-13)20-16(19)21(15)17-7-10-3-11(8-17)5-12(4-10)9-17/h1-2,6,10-12H,3-5,7-9H2,(H2,19,20). The number of imidazole rings is 1. The van der Waals surface area contributed by atoms with Crippen LogP contribution < -0.4 is 5.73 Å². The number of hydrogen-bond donors (Lipinski definition) is 1. The number of rotatable bonds is 1. The SMILES string of the molecule is Nc1nc2cc(Cl)ccc2n1C12CC3CC(CC(C3)C1)C2. The zero-order valence-corrected chi connectivity index (χ0v) is 12.8. The summed E-state index contributed by atoms with van der Waals surface area (Å²) in [4.78, 5) is 4.59. The molecule has 4 heteroatoms. The molecule has 3 nitrogen and oxygen atoms in total. The molecule has 4 aliphatic carbocycles. The third kappa shape index (κ3) is 1.64. The lowest BCUT2D eigenvalue weighted by Crippen LogP contribution is -2.52. The van der Waals surface area contributed by atoms with E-state index in [1.54, 1.807) is 0 Å². The van der Waals surface area contributed by atoms with Gasteiger partial charge in [-0.25, -0.2) is 4.98 Å². The Labute approximate surface area is 129 Å². The van der Waals surface area contributed by atoms with Gasteiger partial charge in [0.1, 0.15) is 0 Å². The van der Waals surface area contributed by atoms with E-state index in [-0.39, 0.29) is 5.54 Å². The van der Waals surface area contributed by atoms with Crippen LogP contribution in [0.2, 0.25) is 5.02 Å². The highest BCUT2D eigenvalue weighted by Crippen LogP contribution is 2.59. The van der Waals surface area contributed by atoms with E-state index in [2.05, 4.69) is 15.6 Å². The second-order valence-electron chi connectivity index (χ2n) is 7.58. The Morgan fingerprint density at radius 1 is 1.10 bits per heavy atom. The molecule has 0 aliphatic heterocycles. The fourth-order valence-corrected chi connectivity index (χ4v) is 6.08. The molecule has 1 heterocycles. The maximum absolute atomic E-state index is 6.33. The van der Waals surface area contributed by atoms with Crippen LogP contribution in [0.3, 0.4) is 0 Å². The topological polar surface area (TPSA) is 43.8 Å². The molecular weight excluding hydrogens is 282 g/mol. The third-order valence-corrected chi connectivity index (χ3v) is 6.36. The third-order valence-electron chi connectivity index (χ3n) is 6.12. The smallest absolute Gasteiger partial charge is 0.201 e. The van der Waals surface area contributed by atoms with Crippen molar-refractivity contribution < 1.29 is 0 Å². The van der Waals surface area contributed by atoms with Crippen LogP contribution in [0.25, 0.3) is 11.0 Å². The normalized spacial score (nSPS) is 37.5. The van der Waals surface area contributed by atoms with E-state index in [9.17, 15) is 0 Å². The maximum atomic E-state index is 6.33. The number of halogens is 1. The Kier molecular flexibility index (Phi) is 2.32. The first-order chi connectivity index (χ1) is 10.1. The van der Waals surface area contributed by atoms with Crippen LogP contribution in [-0.4, -0.2) is 9.55 Å². The van der Waals surface area contributed by atoms with E-state index >= 15 is 0 Å². The summed E-state index contributed by atoms with van der Waals surface area (Å²) in [6.45, 7) is 0. The van der Waals surface area contributed by atoms with Gasteiger partial charge in [0.25, 0.3) is 0 Å². The molecule has 0 saturated heterocycles. The first-order valence-electron chi connectivity index (χ1n) is 8.07. The molecule has 0 atom stereocenters. The van der Waals surface area contributed by atoms with Crippen molar-refractivity contribution in [2.24, 2.45) is 17.8 Å². The molecule has 4 saturated carbocycles. The lowest BCUT2D eigenvalue weighted by Gasteiger charge is -2.57. The van der Waals surface area contributed by atoms with Crippen molar-refractivity contribution in [3.8, 4) is 0 Å².